The smallest absolute Gasteiger partial charge is 0.231 e. The Bertz CT molecular complexity index is 467. The Labute approximate surface area is 106 Å². The van der Waals surface area contributed by atoms with Crippen molar-refractivity contribution < 1.29 is 19.3 Å². The van der Waals surface area contributed by atoms with Crippen LogP contribution in [0.25, 0.3) is 0 Å². The zero-order chi connectivity index (χ0) is 12.4. The summed E-state index contributed by atoms with van der Waals surface area (Å²) in [6.45, 7) is 0.162. The van der Waals surface area contributed by atoms with E-state index in [9.17, 15) is 5.11 Å². The minimum Gasteiger partial charge on any atom is -0.486 e. The van der Waals surface area contributed by atoms with Crippen molar-refractivity contribution in [3.8, 4) is 17.2 Å². The van der Waals surface area contributed by atoms with E-state index >= 15 is 0 Å². The van der Waals surface area contributed by atoms with Gasteiger partial charge in [0.25, 0.3) is 0 Å². The molecule has 0 aromatic heterocycles. The monoisotopic (exact) mass is 248 g/mol. The summed E-state index contributed by atoms with van der Waals surface area (Å²) in [5.74, 6) is 2.03. The van der Waals surface area contributed by atoms with E-state index in [1.807, 2.05) is 0 Å². The Morgan fingerprint density at radius 3 is 2.83 bits per heavy atom. The van der Waals surface area contributed by atoms with Gasteiger partial charge in [0.05, 0.1) is 6.61 Å². The van der Waals surface area contributed by atoms with Crippen LogP contribution in [0, 0.1) is 0 Å². The molecule has 1 aliphatic carbocycles. The van der Waals surface area contributed by atoms with Crippen LogP contribution in [-0.2, 0) is 6.61 Å². The predicted octanol–water partition coefficient (Wildman–Crippen LogP) is 2.40. The van der Waals surface area contributed by atoms with Gasteiger partial charge in [0, 0.05) is 11.6 Å². The maximum absolute atomic E-state index is 9.38. The van der Waals surface area contributed by atoms with E-state index in [0.717, 1.165) is 24.8 Å². The molecular weight excluding hydrogens is 232 g/mol. The van der Waals surface area contributed by atoms with Crippen LogP contribution in [0.1, 0.15) is 24.8 Å². The average molecular weight is 248 g/mol. The Kier molecular flexibility index (Phi) is 3.11. The third-order valence-corrected chi connectivity index (χ3v) is 3.21. The van der Waals surface area contributed by atoms with E-state index in [0.29, 0.717) is 17.2 Å². The molecule has 1 heterocycles. The fourth-order valence-corrected chi connectivity index (χ4v) is 2.24. The van der Waals surface area contributed by atoms with Gasteiger partial charge in [0.1, 0.15) is 11.9 Å². The lowest BCUT2D eigenvalue weighted by atomic mass is 10.1. The van der Waals surface area contributed by atoms with E-state index in [1.54, 1.807) is 12.1 Å². The third kappa shape index (κ3) is 2.16. The molecule has 1 atom stereocenters. The van der Waals surface area contributed by atoms with Gasteiger partial charge in [-0.1, -0.05) is 6.08 Å². The van der Waals surface area contributed by atoms with Gasteiger partial charge >= 0.3 is 0 Å². The third-order valence-electron chi connectivity index (χ3n) is 3.21. The lowest BCUT2D eigenvalue weighted by Crippen LogP contribution is -2.16. The van der Waals surface area contributed by atoms with Crippen molar-refractivity contribution in [3.05, 3.63) is 29.8 Å². The van der Waals surface area contributed by atoms with Crippen molar-refractivity contribution in [2.75, 3.05) is 6.79 Å². The van der Waals surface area contributed by atoms with E-state index in [-0.39, 0.29) is 19.5 Å². The number of hydrogen-bond acceptors (Lipinski definition) is 4. The van der Waals surface area contributed by atoms with Crippen molar-refractivity contribution in [2.45, 2.75) is 32.0 Å². The van der Waals surface area contributed by atoms with Gasteiger partial charge in [-0.05, 0) is 31.4 Å². The maximum atomic E-state index is 9.38. The highest BCUT2D eigenvalue weighted by molar-refractivity contribution is 5.51. The topological polar surface area (TPSA) is 47.9 Å². The highest BCUT2D eigenvalue weighted by Crippen LogP contribution is 2.38. The molecule has 2 aliphatic rings. The Hall–Kier alpha value is -1.68. The number of rotatable bonds is 3. The molecular formula is C14H16O4. The van der Waals surface area contributed by atoms with E-state index in [2.05, 4.69) is 12.2 Å². The van der Waals surface area contributed by atoms with Crippen LogP contribution < -0.4 is 14.2 Å². The molecule has 0 radical (unpaired) electrons. The predicted molar refractivity (Wildman–Crippen MR) is 65.9 cm³/mol. The molecule has 3 rings (SSSR count). The van der Waals surface area contributed by atoms with Gasteiger partial charge in [0.2, 0.25) is 6.79 Å². The van der Waals surface area contributed by atoms with Gasteiger partial charge in [-0.25, -0.2) is 0 Å². The second kappa shape index (κ2) is 4.90. The highest BCUT2D eigenvalue weighted by Gasteiger charge is 2.19. The highest BCUT2D eigenvalue weighted by atomic mass is 16.7. The summed E-state index contributed by atoms with van der Waals surface area (Å²) in [4.78, 5) is 0. The fourth-order valence-electron chi connectivity index (χ4n) is 2.24. The quantitative estimate of drug-likeness (QED) is 0.834. The Morgan fingerprint density at radius 1 is 1.28 bits per heavy atom. The van der Waals surface area contributed by atoms with E-state index in [1.165, 1.54) is 0 Å². The summed E-state index contributed by atoms with van der Waals surface area (Å²) < 4.78 is 16.5. The lowest BCUT2D eigenvalue weighted by Gasteiger charge is -2.20. The van der Waals surface area contributed by atoms with Crippen LogP contribution in [0.15, 0.2) is 24.3 Å². The fraction of sp³-hybridized carbons (Fsp3) is 0.429. The number of aliphatic hydroxyl groups excluding tert-OH is 1. The molecule has 4 nitrogen and oxygen atoms in total. The molecule has 1 unspecified atom stereocenters. The molecule has 4 heteroatoms. The molecule has 0 saturated carbocycles. The molecule has 1 aliphatic heterocycles. The molecule has 0 bridgehead atoms. The molecule has 0 spiro atoms. The zero-order valence-electron chi connectivity index (χ0n) is 10.1. The second-order valence-electron chi connectivity index (χ2n) is 4.49. The number of ether oxygens (including phenoxy) is 3. The summed E-state index contributed by atoms with van der Waals surface area (Å²) in [5, 5.41) is 9.38. The van der Waals surface area contributed by atoms with E-state index < -0.39 is 0 Å². The van der Waals surface area contributed by atoms with Crippen LogP contribution in [0.3, 0.4) is 0 Å². The minimum atomic E-state index is -0.0671. The number of aliphatic hydroxyl groups is 1. The van der Waals surface area contributed by atoms with Crippen LogP contribution in [-0.4, -0.2) is 18.0 Å². The van der Waals surface area contributed by atoms with Crippen molar-refractivity contribution in [2.24, 2.45) is 0 Å². The number of allylic oxidation sites excluding steroid dienone is 1. The second-order valence-corrected chi connectivity index (χ2v) is 4.49. The molecule has 0 amide bonds. The maximum Gasteiger partial charge on any atom is 0.231 e. The average Bonchev–Trinajstić information content (AvgIpc) is 2.86. The SMILES string of the molecule is OCc1cc2c(cc1OC1C=CCCC1)OCO2. The normalized spacial score (nSPS) is 21.1. The Balaban J connectivity index is 1.85. The molecule has 96 valence electrons. The first-order valence-electron chi connectivity index (χ1n) is 6.23. The van der Waals surface area contributed by atoms with Gasteiger partial charge in [-0.3, -0.25) is 0 Å². The van der Waals surface area contributed by atoms with Gasteiger partial charge < -0.3 is 19.3 Å². The van der Waals surface area contributed by atoms with Crippen LogP contribution >= 0.6 is 0 Å². The minimum absolute atomic E-state index is 0.0671. The lowest BCUT2D eigenvalue weighted by molar-refractivity contribution is 0.173. The number of hydrogen-bond donors (Lipinski definition) is 1. The largest absolute Gasteiger partial charge is 0.486 e. The van der Waals surface area contributed by atoms with Crippen molar-refractivity contribution >= 4 is 0 Å². The van der Waals surface area contributed by atoms with Crippen molar-refractivity contribution in [1.82, 2.24) is 0 Å². The summed E-state index contributed by atoms with van der Waals surface area (Å²) in [6.07, 6.45) is 7.57. The van der Waals surface area contributed by atoms with Crippen molar-refractivity contribution in [1.29, 1.82) is 0 Å². The molecule has 1 N–H and O–H groups in total. The summed E-state index contributed by atoms with van der Waals surface area (Å²) >= 11 is 0. The first-order valence-corrected chi connectivity index (χ1v) is 6.23. The zero-order valence-corrected chi connectivity index (χ0v) is 10.1. The van der Waals surface area contributed by atoms with E-state index in [4.69, 9.17) is 14.2 Å². The molecule has 0 saturated heterocycles. The molecule has 1 aromatic rings. The summed E-state index contributed by atoms with van der Waals surface area (Å²) in [6, 6.07) is 3.58. The van der Waals surface area contributed by atoms with Crippen LogP contribution in [0.4, 0.5) is 0 Å². The Morgan fingerprint density at radius 2 is 2.11 bits per heavy atom. The first-order chi connectivity index (χ1) is 8.86. The summed E-state index contributed by atoms with van der Waals surface area (Å²) in [7, 11) is 0. The summed E-state index contributed by atoms with van der Waals surface area (Å²) in [5.41, 5.74) is 0.734. The van der Waals surface area contributed by atoms with Gasteiger partial charge in [-0.2, -0.15) is 0 Å². The van der Waals surface area contributed by atoms with Crippen LogP contribution in [0.5, 0.6) is 17.2 Å². The van der Waals surface area contributed by atoms with Gasteiger partial charge in [-0.15, -0.1) is 0 Å². The number of benzene rings is 1. The van der Waals surface area contributed by atoms with Crippen molar-refractivity contribution in [3.63, 3.8) is 0 Å². The van der Waals surface area contributed by atoms with Gasteiger partial charge in [0.15, 0.2) is 11.5 Å². The standard InChI is InChI=1S/C14H16O4/c15-8-10-6-13-14(17-9-16-13)7-12(10)18-11-4-2-1-3-5-11/h2,4,6-7,11,15H,1,3,5,8-9H2. The number of fused-ring (bicyclic) bond motifs is 1. The molecule has 1 aromatic carbocycles. The first kappa shape index (κ1) is 11.4. The molecule has 0 fully saturated rings. The molecule has 18 heavy (non-hydrogen) atoms. The van der Waals surface area contributed by atoms with Crippen LogP contribution in [0.2, 0.25) is 0 Å².